The summed E-state index contributed by atoms with van der Waals surface area (Å²) in [6.45, 7) is 5.56. The maximum atomic E-state index is 10.3. The van der Waals surface area contributed by atoms with Crippen LogP contribution in [0.15, 0.2) is 0 Å². The zero-order valence-electron chi connectivity index (χ0n) is 5.69. The van der Waals surface area contributed by atoms with E-state index in [9.17, 15) is 4.79 Å². The number of carbonyl (C=O) groups excluding carboxylic acids is 1. The SMILES string of the molecule is C.C.C.CCC(C)NC(C)=O. The molecule has 1 unspecified atom stereocenters. The predicted octanol–water partition coefficient (Wildman–Crippen LogP) is 2.83. The van der Waals surface area contributed by atoms with Gasteiger partial charge in [0.1, 0.15) is 0 Å². The van der Waals surface area contributed by atoms with Gasteiger partial charge in [0.2, 0.25) is 5.91 Å². The van der Waals surface area contributed by atoms with Crippen molar-refractivity contribution in [2.45, 2.75) is 55.5 Å². The molecule has 1 N–H and O–H groups in total. The Kier molecular flexibility index (Phi) is 24.8. The highest BCUT2D eigenvalue weighted by molar-refractivity contribution is 5.73. The van der Waals surface area contributed by atoms with Crippen LogP contribution in [0.5, 0.6) is 0 Å². The lowest BCUT2D eigenvalue weighted by Crippen LogP contribution is -2.29. The Balaban J connectivity index is -0.0000000817. The van der Waals surface area contributed by atoms with E-state index in [1.165, 1.54) is 6.92 Å². The van der Waals surface area contributed by atoms with E-state index in [-0.39, 0.29) is 28.2 Å². The molecule has 0 spiro atoms. The summed E-state index contributed by atoms with van der Waals surface area (Å²) in [7, 11) is 0. The molecular weight excluding hydrogens is 138 g/mol. The van der Waals surface area contributed by atoms with Crippen molar-refractivity contribution in [1.29, 1.82) is 0 Å². The molecule has 0 saturated carbocycles. The largest absolute Gasteiger partial charge is 0.354 e. The number of nitrogens with one attached hydrogen (secondary N) is 1. The van der Waals surface area contributed by atoms with Crippen LogP contribution in [0.1, 0.15) is 49.5 Å². The first-order valence-corrected chi connectivity index (χ1v) is 2.94. The van der Waals surface area contributed by atoms with E-state index in [1.54, 1.807) is 0 Å². The van der Waals surface area contributed by atoms with E-state index < -0.39 is 0 Å². The van der Waals surface area contributed by atoms with Crippen LogP contribution in [-0.2, 0) is 4.79 Å². The lowest BCUT2D eigenvalue weighted by Gasteiger charge is -2.07. The number of hydrogen-bond donors (Lipinski definition) is 1. The summed E-state index contributed by atoms with van der Waals surface area (Å²) < 4.78 is 0. The quantitative estimate of drug-likeness (QED) is 0.666. The average molecular weight is 163 g/mol. The molecule has 2 heteroatoms. The van der Waals surface area contributed by atoms with Gasteiger partial charge < -0.3 is 5.32 Å². The monoisotopic (exact) mass is 163 g/mol. The van der Waals surface area contributed by atoms with Gasteiger partial charge >= 0.3 is 0 Å². The van der Waals surface area contributed by atoms with Gasteiger partial charge in [0.25, 0.3) is 0 Å². The second kappa shape index (κ2) is 12.2. The molecule has 0 aromatic carbocycles. The molecule has 11 heavy (non-hydrogen) atoms. The zero-order chi connectivity index (χ0) is 6.57. The van der Waals surface area contributed by atoms with Crippen LogP contribution in [-0.4, -0.2) is 11.9 Å². The van der Waals surface area contributed by atoms with Crippen LogP contribution in [0.4, 0.5) is 0 Å². The fraction of sp³-hybridized carbons (Fsp3) is 0.889. The third-order valence-corrected chi connectivity index (χ3v) is 1.06. The third-order valence-electron chi connectivity index (χ3n) is 1.06. The van der Waals surface area contributed by atoms with E-state index in [2.05, 4.69) is 5.32 Å². The molecule has 0 aromatic rings. The molecule has 2 nitrogen and oxygen atoms in total. The van der Waals surface area contributed by atoms with Gasteiger partial charge in [-0.05, 0) is 13.3 Å². The van der Waals surface area contributed by atoms with Gasteiger partial charge in [-0.2, -0.15) is 0 Å². The average Bonchev–Trinajstić information content (AvgIpc) is 1.65. The van der Waals surface area contributed by atoms with E-state index in [0.717, 1.165) is 6.42 Å². The van der Waals surface area contributed by atoms with Gasteiger partial charge in [0, 0.05) is 13.0 Å². The predicted molar refractivity (Wildman–Crippen MR) is 53.8 cm³/mol. The molecule has 72 valence electrons. The molecule has 1 atom stereocenters. The number of carbonyl (C=O) groups is 1. The minimum Gasteiger partial charge on any atom is -0.354 e. The number of amides is 1. The van der Waals surface area contributed by atoms with Gasteiger partial charge in [-0.15, -0.1) is 0 Å². The highest BCUT2D eigenvalue weighted by Gasteiger charge is 1.96. The number of rotatable bonds is 2. The molecule has 0 radical (unpaired) electrons. The summed E-state index contributed by atoms with van der Waals surface area (Å²) in [5.74, 6) is 0.0550. The van der Waals surface area contributed by atoms with Gasteiger partial charge in [0.05, 0.1) is 0 Å². The van der Waals surface area contributed by atoms with Crippen molar-refractivity contribution in [3.63, 3.8) is 0 Å². The van der Waals surface area contributed by atoms with Crippen molar-refractivity contribution in [3.05, 3.63) is 0 Å². The smallest absolute Gasteiger partial charge is 0.217 e. The maximum Gasteiger partial charge on any atom is 0.217 e. The lowest BCUT2D eigenvalue weighted by atomic mass is 10.3. The van der Waals surface area contributed by atoms with E-state index in [4.69, 9.17) is 0 Å². The summed E-state index contributed by atoms with van der Waals surface area (Å²) >= 11 is 0. The van der Waals surface area contributed by atoms with Gasteiger partial charge in [-0.1, -0.05) is 29.2 Å². The van der Waals surface area contributed by atoms with Crippen molar-refractivity contribution in [2.75, 3.05) is 0 Å². The summed E-state index contributed by atoms with van der Waals surface area (Å²) in [6.07, 6.45) is 1.000. The van der Waals surface area contributed by atoms with Gasteiger partial charge in [-0.25, -0.2) is 0 Å². The lowest BCUT2D eigenvalue weighted by molar-refractivity contribution is -0.119. The second-order valence-corrected chi connectivity index (χ2v) is 2.01. The van der Waals surface area contributed by atoms with Crippen molar-refractivity contribution in [3.8, 4) is 0 Å². The molecule has 1 amide bonds. The highest BCUT2D eigenvalue weighted by atomic mass is 16.1. The molecule has 0 fully saturated rings. The Morgan fingerprint density at radius 3 is 1.82 bits per heavy atom. The van der Waals surface area contributed by atoms with Crippen LogP contribution >= 0.6 is 0 Å². The Bertz CT molecular complexity index is 81.6. The maximum absolute atomic E-state index is 10.3. The van der Waals surface area contributed by atoms with Crippen molar-refractivity contribution < 1.29 is 4.79 Å². The topological polar surface area (TPSA) is 29.1 Å². The first-order chi connectivity index (χ1) is 3.66. The van der Waals surface area contributed by atoms with E-state index in [1.807, 2.05) is 13.8 Å². The fourth-order valence-corrected chi connectivity index (χ4v) is 0.449. The summed E-state index contributed by atoms with van der Waals surface area (Å²) in [4.78, 5) is 10.3. The van der Waals surface area contributed by atoms with Crippen LogP contribution < -0.4 is 5.32 Å². The zero-order valence-corrected chi connectivity index (χ0v) is 5.69. The molecule has 0 heterocycles. The van der Waals surface area contributed by atoms with E-state index >= 15 is 0 Å². The van der Waals surface area contributed by atoms with Crippen LogP contribution in [0, 0.1) is 0 Å². The third kappa shape index (κ3) is 17.7. The van der Waals surface area contributed by atoms with Crippen LogP contribution in [0.25, 0.3) is 0 Å². The van der Waals surface area contributed by atoms with Crippen molar-refractivity contribution in [2.24, 2.45) is 0 Å². The standard InChI is InChI=1S/C6H13NO.3CH4/c1-4-5(2)7-6(3)8;;;/h5H,4H2,1-3H3,(H,7,8);3*1H4. The Labute approximate surface area is 72.4 Å². The van der Waals surface area contributed by atoms with E-state index in [0.29, 0.717) is 6.04 Å². The molecule has 0 aliphatic carbocycles. The Morgan fingerprint density at radius 2 is 1.73 bits per heavy atom. The van der Waals surface area contributed by atoms with Gasteiger partial charge in [-0.3, -0.25) is 4.79 Å². The van der Waals surface area contributed by atoms with Crippen LogP contribution in [0.3, 0.4) is 0 Å². The number of hydrogen-bond acceptors (Lipinski definition) is 1. The molecule has 0 bridgehead atoms. The van der Waals surface area contributed by atoms with Gasteiger partial charge in [0.15, 0.2) is 0 Å². The minimum absolute atomic E-state index is 0. The normalized spacial score (nSPS) is 9.36. The summed E-state index contributed by atoms with van der Waals surface area (Å²) in [5, 5.41) is 2.75. The van der Waals surface area contributed by atoms with Crippen molar-refractivity contribution in [1.82, 2.24) is 5.32 Å². The first kappa shape index (κ1) is 22.4. The highest BCUT2D eigenvalue weighted by Crippen LogP contribution is 1.85. The molecule has 0 saturated heterocycles. The first-order valence-electron chi connectivity index (χ1n) is 2.94. The molecule has 0 rings (SSSR count). The molecule has 0 aliphatic heterocycles. The molecule has 0 aromatic heterocycles. The molecular formula is C9H25NO. The van der Waals surface area contributed by atoms with Crippen LogP contribution in [0.2, 0.25) is 0 Å². The Morgan fingerprint density at radius 1 is 1.36 bits per heavy atom. The Hall–Kier alpha value is -0.530. The summed E-state index contributed by atoms with van der Waals surface area (Å²) in [6, 6.07) is 0.326. The second-order valence-electron chi connectivity index (χ2n) is 2.01. The summed E-state index contributed by atoms with van der Waals surface area (Å²) in [5.41, 5.74) is 0. The molecule has 0 aliphatic rings. The fourth-order valence-electron chi connectivity index (χ4n) is 0.449. The van der Waals surface area contributed by atoms with Crippen molar-refractivity contribution >= 4 is 5.91 Å². The minimum atomic E-state index is 0.